The Morgan fingerprint density at radius 3 is 2.83 bits per heavy atom. The molecule has 3 rings (SSSR count). The summed E-state index contributed by atoms with van der Waals surface area (Å²) in [6.45, 7) is 1.15. The Morgan fingerprint density at radius 1 is 1.46 bits per heavy atom. The van der Waals surface area contributed by atoms with Crippen molar-refractivity contribution >= 4 is 5.91 Å². The zero-order chi connectivity index (χ0) is 17.5. The van der Waals surface area contributed by atoms with Gasteiger partial charge < -0.3 is 9.88 Å². The van der Waals surface area contributed by atoms with Gasteiger partial charge in [0.2, 0.25) is 0 Å². The molecule has 0 aliphatic carbocycles. The Bertz CT molecular complexity index is 831. The highest BCUT2D eigenvalue weighted by molar-refractivity contribution is 5.93. The Morgan fingerprint density at radius 2 is 2.21 bits per heavy atom. The highest BCUT2D eigenvalue weighted by Gasteiger charge is 2.44. The van der Waals surface area contributed by atoms with Crippen LogP contribution in [0.5, 0.6) is 0 Å². The zero-order valence-electron chi connectivity index (χ0n) is 13.3. The molecule has 1 fully saturated rings. The van der Waals surface area contributed by atoms with Gasteiger partial charge in [-0.1, -0.05) is 0 Å². The maximum absolute atomic E-state index is 12.7. The van der Waals surface area contributed by atoms with Crippen molar-refractivity contribution in [3.05, 3.63) is 45.9 Å². The summed E-state index contributed by atoms with van der Waals surface area (Å²) in [5.74, 6) is -0.0646. The van der Waals surface area contributed by atoms with Gasteiger partial charge >= 0.3 is 6.55 Å². The number of alkyl halides is 2. The molecule has 1 N–H and O–H groups in total. The molecule has 0 aromatic carbocycles. The summed E-state index contributed by atoms with van der Waals surface area (Å²) >= 11 is 0. The van der Waals surface area contributed by atoms with Crippen LogP contribution in [-0.2, 0) is 5.54 Å². The second-order valence-electron chi connectivity index (χ2n) is 6.03. The van der Waals surface area contributed by atoms with Crippen LogP contribution in [0.3, 0.4) is 0 Å². The second-order valence-corrected chi connectivity index (χ2v) is 6.03. The molecule has 1 aliphatic rings. The molecule has 1 aliphatic heterocycles. The predicted octanol–water partition coefficient (Wildman–Crippen LogP) is 1.82. The van der Waals surface area contributed by atoms with Gasteiger partial charge in [-0.3, -0.25) is 9.59 Å². The zero-order valence-corrected chi connectivity index (χ0v) is 13.3. The van der Waals surface area contributed by atoms with Crippen molar-refractivity contribution in [2.75, 3.05) is 6.54 Å². The minimum Gasteiger partial charge on any atom is -0.325 e. The number of aromatic amines is 1. The van der Waals surface area contributed by atoms with E-state index >= 15 is 0 Å². The average molecular weight is 337 g/mol. The fraction of sp³-hybridized carbons (Fsp3) is 0.467. The Balaban J connectivity index is 1.96. The molecule has 9 heteroatoms. The molecule has 7 nitrogen and oxygen atoms in total. The number of nitrogens with zero attached hydrogens (tertiary/aromatic N) is 4. The van der Waals surface area contributed by atoms with Crippen LogP contribution in [0, 0.1) is 6.92 Å². The monoisotopic (exact) mass is 337 g/mol. The van der Waals surface area contributed by atoms with Gasteiger partial charge in [0.15, 0.2) is 5.69 Å². The number of amides is 1. The van der Waals surface area contributed by atoms with Crippen LogP contribution in [0.2, 0.25) is 0 Å². The lowest BCUT2D eigenvalue weighted by atomic mass is 9.97. The number of carbonyl (C=O) groups excluding carboxylic acids is 1. The molecular weight excluding hydrogens is 320 g/mol. The molecule has 1 unspecified atom stereocenters. The standard InChI is InChI=1S/C15H17F2N5O2/c1-9-8-11(23)19-13(18-9)15(2)5-3-6-21(15)12(24)10-4-7-22(20-10)14(16)17/h4,7-8,14H,3,5-6H2,1-2H3,(H,18,19,23). The molecule has 24 heavy (non-hydrogen) atoms. The van der Waals surface area contributed by atoms with Gasteiger partial charge in [0.1, 0.15) is 5.82 Å². The molecule has 128 valence electrons. The van der Waals surface area contributed by atoms with Gasteiger partial charge in [0, 0.05) is 24.5 Å². The Hall–Kier alpha value is -2.58. The molecule has 3 heterocycles. The summed E-state index contributed by atoms with van der Waals surface area (Å²) in [6, 6.07) is 2.64. The van der Waals surface area contributed by atoms with Gasteiger partial charge in [-0.15, -0.1) is 0 Å². The van der Waals surface area contributed by atoms with E-state index in [9.17, 15) is 18.4 Å². The van der Waals surface area contributed by atoms with Crippen molar-refractivity contribution in [3.63, 3.8) is 0 Å². The first-order chi connectivity index (χ1) is 11.3. The van der Waals surface area contributed by atoms with Crippen molar-refractivity contribution in [1.29, 1.82) is 0 Å². The van der Waals surface area contributed by atoms with Crippen LogP contribution < -0.4 is 5.56 Å². The lowest BCUT2D eigenvalue weighted by molar-refractivity contribution is 0.0524. The van der Waals surface area contributed by atoms with Crippen LogP contribution in [0.15, 0.2) is 23.1 Å². The lowest BCUT2D eigenvalue weighted by Gasteiger charge is -2.33. The summed E-state index contributed by atoms with van der Waals surface area (Å²) in [6.07, 6.45) is 2.40. The highest BCUT2D eigenvalue weighted by Crippen LogP contribution is 2.37. The topological polar surface area (TPSA) is 83.9 Å². The molecule has 0 saturated carbocycles. The van der Waals surface area contributed by atoms with Crippen molar-refractivity contribution in [1.82, 2.24) is 24.6 Å². The van der Waals surface area contributed by atoms with Crippen molar-refractivity contribution in [3.8, 4) is 0 Å². The number of hydrogen-bond donors (Lipinski definition) is 1. The first kappa shape index (κ1) is 16.3. The number of aryl methyl sites for hydroxylation is 1. The van der Waals surface area contributed by atoms with Gasteiger partial charge in [0.25, 0.3) is 11.5 Å². The maximum Gasteiger partial charge on any atom is 0.333 e. The second kappa shape index (κ2) is 5.81. The number of halogens is 2. The normalized spacial score (nSPS) is 20.8. The van der Waals surface area contributed by atoms with E-state index < -0.39 is 18.0 Å². The summed E-state index contributed by atoms with van der Waals surface area (Å²) < 4.78 is 25.7. The number of H-pyrrole nitrogens is 1. The third-order valence-corrected chi connectivity index (χ3v) is 4.29. The lowest BCUT2D eigenvalue weighted by Crippen LogP contribution is -2.45. The third-order valence-electron chi connectivity index (χ3n) is 4.29. The Kier molecular flexibility index (Phi) is 3.94. The molecular formula is C15H17F2N5O2. The Labute approximate surface area is 136 Å². The quantitative estimate of drug-likeness (QED) is 0.926. The molecule has 0 spiro atoms. The third kappa shape index (κ3) is 2.70. The summed E-state index contributed by atoms with van der Waals surface area (Å²) in [5.41, 5.74) is -0.605. The van der Waals surface area contributed by atoms with Gasteiger partial charge in [-0.2, -0.15) is 13.9 Å². The molecule has 1 saturated heterocycles. The van der Waals surface area contributed by atoms with E-state index in [-0.39, 0.29) is 11.3 Å². The number of hydrogen-bond acceptors (Lipinski definition) is 4. The number of aromatic nitrogens is 4. The molecule has 1 amide bonds. The van der Waals surface area contributed by atoms with Crippen LogP contribution >= 0.6 is 0 Å². The van der Waals surface area contributed by atoms with E-state index in [1.807, 2.05) is 0 Å². The van der Waals surface area contributed by atoms with E-state index in [4.69, 9.17) is 0 Å². The number of rotatable bonds is 3. The average Bonchev–Trinajstić information content (AvgIpc) is 3.13. The van der Waals surface area contributed by atoms with E-state index in [2.05, 4.69) is 15.1 Å². The van der Waals surface area contributed by atoms with Crippen LogP contribution in [0.1, 0.15) is 48.3 Å². The van der Waals surface area contributed by atoms with Crippen LogP contribution in [0.25, 0.3) is 0 Å². The number of carbonyl (C=O) groups is 1. The van der Waals surface area contributed by atoms with Gasteiger partial charge in [-0.05, 0) is 32.8 Å². The SMILES string of the molecule is Cc1cc(=O)[nH]c(C2(C)CCCN2C(=O)c2ccn(C(F)F)n2)n1. The maximum atomic E-state index is 12.7. The molecule has 0 bridgehead atoms. The molecule has 1 atom stereocenters. The summed E-state index contributed by atoms with van der Waals surface area (Å²) in [5, 5.41) is 3.63. The molecule has 0 radical (unpaired) electrons. The first-order valence-electron chi connectivity index (χ1n) is 7.55. The fourth-order valence-corrected chi connectivity index (χ4v) is 3.07. The van der Waals surface area contributed by atoms with Gasteiger partial charge in [0.05, 0.1) is 5.54 Å². The van der Waals surface area contributed by atoms with Crippen molar-refractivity contribution in [2.45, 2.75) is 38.8 Å². The predicted molar refractivity (Wildman–Crippen MR) is 80.7 cm³/mol. The number of nitrogens with one attached hydrogen (secondary N) is 1. The minimum absolute atomic E-state index is 0.0570. The fourth-order valence-electron chi connectivity index (χ4n) is 3.07. The van der Waals surface area contributed by atoms with E-state index in [1.54, 1.807) is 13.8 Å². The molecule has 2 aromatic rings. The molecule has 2 aromatic heterocycles. The van der Waals surface area contributed by atoms with Crippen LogP contribution in [0.4, 0.5) is 8.78 Å². The smallest absolute Gasteiger partial charge is 0.325 e. The minimum atomic E-state index is -2.80. The first-order valence-corrected chi connectivity index (χ1v) is 7.55. The largest absolute Gasteiger partial charge is 0.333 e. The van der Waals surface area contributed by atoms with E-state index in [0.717, 1.165) is 12.6 Å². The summed E-state index contributed by atoms with van der Waals surface area (Å²) in [7, 11) is 0. The highest BCUT2D eigenvalue weighted by atomic mass is 19.3. The van der Waals surface area contributed by atoms with E-state index in [0.29, 0.717) is 29.2 Å². The van der Waals surface area contributed by atoms with Crippen molar-refractivity contribution < 1.29 is 13.6 Å². The van der Waals surface area contributed by atoms with E-state index in [1.165, 1.54) is 17.0 Å². The van der Waals surface area contributed by atoms with Crippen LogP contribution in [-0.4, -0.2) is 37.1 Å². The number of likely N-dealkylation sites (tertiary alicyclic amines) is 1. The van der Waals surface area contributed by atoms with Gasteiger partial charge in [-0.25, -0.2) is 9.67 Å². The van der Waals surface area contributed by atoms with Crippen molar-refractivity contribution in [2.24, 2.45) is 0 Å². The summed E-state index contributed by atoms with van der Waals surface area (Å²) in [4.78, 5) is 33.0.